The van der Waals surface area contributed by atoms with Crippen LogP contribution >= 0.6 is 15.9 Å². The van der Waals surface area contributed by atoms with Gasteiger partial charge in [-0.2, -0.15) is 10.5 Å². The van der Waals surface area contributed by atoms with E-state index in [0.717, 1.165) is 81.0 Å². The van der Waals surface area contributed by atoms with Crippen LogP contribution in [0.4, 0.5) is 0 Å². The van der Waals surface area contributed by atoms with Gasteiger partial charge in [-0.15, -0.1) is 0 Å². The Hall–Kier alpha value is -2.86. The van der Waals surface area contributed by atoms with E-state index >= 15 is 0 Å². The number of hydrogen-bond acceptors (Lipinski definition) is 8. The Morgan fingerprint density at radius 3 is 1.60 bits per heavy atom. The lowest BCUT2D eigenvalue weighted by atomic mass is 9.44. The predicted octanol–water partition coefficient (Wildman–Crippen LogP) is 11.6. The molecule has 0 spiro atoms. The van der Waals surface area contributed by atoms with Crippen LogP contribution in [0.2, 0.25) is 0 Å². The van der Waals surface area contributed by atoms with Crippen molar-refractivity contribution in [3.05, 3.63) is 36.4 Å². The average Bonchev–Trinajstić information content (AvgIpc) is 4.07. The average molecular weight is 960 g/mol. The second-order valence-electron chi connectivity index (χ2n) is 23.8. The summed E-state index contributed by atoms with van der Waals surface area (Å²) < 4.78 is 1.78. The third-order valence-corrected chi connectivity index (χ3v) is 21.1. The number of rotatable bonds is 5. The maximum Gasteiger partial charge on any atom is 0.158 e. The molecule has 8 aliphatic carbocycles. The van der Waals surface area contributed by atoms with Gasteiger partial charge in [0.15, 0.2) is 11.5 Å². The van der Waals surface area contributed by atoms with Crippen molar-refractivity contribution >= 4 is 27.5 Å². The SMILES string of the molecule is C.C.C[C@@]1(O)CC[C@@]2(C)[C@@H](CC[C@@H]3[C@@H]2CC[C@]2(C)[C@@H](C(=O)CBr)CC[C@@H]32)C1.C[C@@]1(O)CC[C@@]2(C)[C@@H](CC[C@@H]3[C@@H]2CC[C@]2(C)[C@@H](C(=O)Cn4cnc(C#N)c4)CC[C@@H]32)C1.N#Cc1cnc[nH]1. The molecule has 0 bridgehead atoms. The fourth-order valence-corrected chi connectivity index (χ4v) is 17.5. The van der Waals surface area contributed by atoms with Crippen molar-refractivity contribution in [1.29, 1.82) is 10.5 Å². The van der Waals surface area contributed by atoms with Crippen molar-refractivity contribution in [2.45, 2.75) is 190 Å². The molecule has 2 aromatic heterocycles. The highest BCUT2D eigenvalue weighted by Gasteiger charge is 2.63. The minimum Gasteiger partial charge on any atom is -0.390 e. The summed E-state index contributed by atoms with van der Waals surface area (Å²) in [6, 6.07) is 3.94. The number of hydrogen-bond donors (Lipinski definition) is 3. The van der Waals surface area contributed by atoms with Crippen LogP contribution in [-0.4, -0.2) is 57.8 Å². The van der Waals surface area contributed by atoms with Gasteiger partial charge < -0.3 is 19.8 Å². The van der Waals surface area contributed by atoms with Crippen LogP contribution in [0.3, 0.4) is 0 Å². The number of fused-ring (bicyclic) bond motifs is 10. The molecule has 8 aliphatic rings. The fraction of sp³-hybridized carbons (Fsp3) is 0.815. The first kappa shape index (κ1) is 51.5. The molecule has 0 unspecified atom stereocenters. The van der Waals surface area contributed by atoms with E-state index in [-0.39, 0.29) is 37.5 Å². The lowest BCUT2D eigenvalue weighted by Crippen LogP contribution is -2.55. The van der Waals surface area contributed by atoms with Crippen LogP contribution < -0.4 is 0 Å². The zero-order valence-corrected chi connectivity index (χ0v) is 40.6. The number of nitrogens with zero attached hydrogens (tertiary/aromatic N) is 5. The van der Waals surface area contributed by atoms with E-state index < -0.39 is 11.2 Å². The van der Waals surface area contributed by atoms with Gasteiger partial charge in [0.25, 0.3) is 0 Å². The van der Waals surface area contributed by atoms with Crippen molar-refractivity contribution in [3.63, 3.8) is 0 Å². The first-order chi connectivity index (χ1) is 29.8. The number of aromatic amines is 1. The van der Waals surface area contributed by atoms with Crippen molar-refractivity contribution in [2.24, 2.45) is 80.8 Å². The Kier molecular flexibility index (Phi) is 15.3. The number of H-pyrrole nitrogens is 1. The maximum atomic E-state index is 13.3. The molecule has 10 nitrogen and oxygen atoms in total. The highest BCUT2D eigenvalue weighted by atomic mass is 79.9. The minimum absolute atomic E-state index is 0. The van der Waals surface area contributed by atoms with Gasteiger partial charge in [-0.1, -0.05) is 58.5 Å². The van der Waals surface area contributed by atoms with Gasteiger partial charge in [-0.25, -0.2) is 9.97 Å². The topological polar surface area (TPSA) is 169 Å². The summed E-state index contributed by atoms with van der Waals surface area (Å²) in [6.45, 7) is 14.3. The molecule has 0 aliphatic heterocycles. The summed E-state index contributed by atoms with van der Waals surface area (Å²) in [4.78, 5) is 36.1. The standard InChI is InChI=1S/C26H37N3O2.C22H35BrO2.C4H3N3.2CH4/c1-24(31)10-11-25(2)17(12-24)4-5-19-20-6-7-22(26(20,3)9-8-21(19)25)23(30)15-29-14-18(13-27)28-16-29;1-20(25)10-11-21(2)14(12-20)4-5-15-16-6-7-18(19(24)13-23)22(16,3)9-8-17(15)21;5-1-4-2-6-3-7-4;;/h14,16-17,19-22,31H,4-12,15H2,1-3H3;14-18,25H,4-13H2,1-3H3;2-3H,(H,6,7);2*1H4/t17-,19-,20-,21-,22+,24+,25-,26-;14-,15-,16-,17-,18+,20+,21-,22-;;;/m00.../s1. The Morgan fingerprint density at radius 2 is 1.18 bits per heavy atom. The molecule has 16 atom stereocenters. The Morgan fingerprint density at radius 1 is 0.692 bits per heavy atom. The molecule has 0 saturated heterocycles. The molecule has 3 N–H and O–H groups in total. The van der Waals surface area contributed by atoms with Crippen LogP contribution in [0.1, 0.15) is 183 Å². The van der Waals surface area contributed by atoms with Crippen molar-refractivity contribution in [1.82, 2.24) is 19.5 Å². The first-order valence-electron chi connectivity index (χ1n) is 24.7. The van der Waals surface area contributed by atoms with Crippen LogP contribution in [0.25, 0.3) is 0 Å². The number of carbonyl (C=O) groups is 2. The number of alkyl halides is 1. The summed E-state index contributed by atoms with van der Waals surface area (Å²) in [6.07, 6.45) is 27.1. The van der Waals surface area contributed by atoms with Gasteiger partial charge in [0.2, 0.25) is 0 Å². The fourth-order valence-electron chi connectivity index (χ4n) is 17.1. The van der Waals surface area contributed by atoms with Crippen molar-refractivity contribution in [2.75, 3.05) is 5.33 Å². The summed E-state index contributed by atoms with van der Waals surface area (Å²) in [7, 11) is 0. The number of aliphatic hydroxyl groups is 2. The number of imidazole rings is 2. The summed E-state index contributed by atoms with van der Waals surface area (Å²) in [5.74, 6) is 7.04. The number of carbonyl (C=O) groups excluding carboxylic acids is 2. The van der Waals surface area contributed by atoms with E-state index in [1.54, 1.807) is 17.1 Å². The second kappa shape index (κ2) is 19.3. The largest absolute Gasteiger partial charge is 0.390 e. The Bertz CT molecular complexity index is 2070. The van der Waals surface area contributed by atoms with Gasteiger partial charge in [-0.05, 0) is 198 Å². The zero-order valence-electron chi connectivity index (χ0n) is 39.0. The molecule has 10 rings (SSSR count). The van der Waals surface area contributed by atoms with Crippen molar-refractivity contribution in [3.8, 4) is 12.1 Å². The molecule has 0 radical (unpaired) electrons. The quantitative estimate of drug-likeness (QED) is 0.249. The maximum absolute atomic E-state index is 13.3. The van der Waals surface area contributed by atoms with Gasteiger partial charge in [0, 0.05) is 18.0 Å². The Balaban J connectivity index is 0.000000185. The summed E-state index contributed by atoms with van der Waals surface area (Å²) in [5, 5.41) is 38.9. The van der Waals surface area contributed by atoms with Crippen molar-refractivity contribution < 1.29 is 19.8 Å². The number of nitriles is 2. The van der Waals surface area contributed by atoms with Crippen LogP contribution in [0.5, 0.6) is 0 Å². The second-order valence-corrected chi connectivity index (χ2v) is 24.3. The molecule has 0 amide bonds. The van der Waals surface area contributed by atoms with E-state index in [4.69, 9.17) is 10.5 Å². The number of halogens is 1. The van der Waals surface area contributed by atoms with Gasteiger partial charge >= 0.3 is 0 Å². The minimum atomic E-state index is -0.482. The molecule has 0 aromatic carbocycles. The van der Waals surface area contributed by atoms with E-state index in [9.17, 15) is 19.8 Å². The van der Waals surface area contributed by atoms with Gasteiger partial charge in [-0.3, -0.25) is 9.59 Å². The molecular weight excluding hydrogens is 877 g/mol. The Labute approximate surface area is 400 Å². The van der Waals surface area contributed by atoms with Crippen LogP contribution in [0, 0.1) is 104 Å². The molecule has 8 fully saturated rings. The molecule has 65 heavy (non-hydrogen) atoms. The lowest BCUT2D eigenvalue weighted by Gasteiger charge is -2.61. The zero-order chi connectivity index (χ0) is 45.2. The van der Waals surface area contributed by atoms with Crippen LogP contribution in [-0.2, 0) is 16.1 Å². The molecule has 2 heterocycles. The van der Waals surface area contributed by atoms with Gasteiger partial charge in [0.05, 0.1) is 41.9 Å². The number of Topliss-reactive ketones (excluding diaryl/α,β-unsaturated/α-hetero) is 2. The molecule has 2 aromatic rings. The van der Waals surface area contributed by atoms with Gasteiger partial charge in [0.1, 0.15) is 23.6 Å². The molecule has 8 saturated carbocycles. The normalized spacial score (nSPS) is 44.2. The first-order valence-corrected chi connectivity index (χ1v) is 25.8. The predicted molar refractivity (Wildman–Crippen MR) is 259 cm³/mol. The molecule has 360 valence electrons. The highest BCUT2D eigenvalue weighted by molar-refractivity contribution is 9.09. The van der Waals surface area contributed by atoms with E-state index in [1.165, 1.54) is 76.7 Å². The smallest absolute Gasteiger partial charge is 0.158 e. The third kappa shape index (κ3) is 9.36. The summed E-state index contributed by atoms with van der Waals surface area (Å²) in [5.41, 5.74) is 1.09. The third-order valence-electron chi connectivity index (χ3n) is 20.5. The van der Waals surface area contributed by atoms with E-state index in [2.05, 4.69) is 58.6 Å². The van der Waals surface area contributed by atoms with Crippen LogP contribution in [0.15, 0.2) is 25.0 Å². The number of nitrogens with one attached hydrogen (secondary N) is 1. The van der Waals surface area contributed by atoms with E-state index in [0.29, 0.717) is 63.4 Å². The lowest BCUT2D eigenvalue weighted by molar-refractivity contribution is -0.151. The highest BCUT2D eigenvalue weighted by Crippen LogP contribution is 2.70. The molecule has 11 heteroatoms. The number of ketones is 2. The number of aromatic nitrogens is 4. The summed E-state index contributed by atoms with van der Waals surface area (Å²) >= 11 is 3.43. The molecular formula is C54H83BrN6O4. The van der Waals surface area contributed by atoms with E-state index in [1.807, 2.05) is 26.0 Å². The monoisotopic (exact) mass is 959 g/mol.